The molecule has 4 nitrogen and oxygen atoms in total. The van der Waals surface area contributed by atoms with E-state index in [9.17, 15) is 4.79 Å². The Labute approximate surface area is 97.7 Å². The van der Waals surface area contributed by atoms with Crippen LogP contribution in [0.5, 0.6) is 0 Å². The molecule has 2 rings (SSSR count). The number of thiazole rings is 1. The maximum absolute atomic E-state index is 10.7. The van der Waals surface area contributed by atoms with Gasteiger partial charge in [0, 0.05) is 11.4 Å². The predicted molar refractivity (Wildman–Crippen MR) is 59.2 cm³/mol. The van der Waals surface area contributed by atoms with E-state index in [1.165, 1.54) is 17.4 Å². The van der Waals surface area contributed by atoms with E-state index < -0.39 is 5.97 Å². The monoisotopic (exact) mass is 287 g/mol. The fourth-order valence-electron chi connectivity index (χ4n) is 1.12. The van der Waals surface area contributed by atoms with E-state index in [-0.39, 0.29) is 5.76 Å². The Kier molecular flexibility index (Phi) is 2.62. The van der Waals surface area contributed by atoms with Gasteiger partial charge in [0.15, 0.2) is 5.76 Å². The summed E-state index contributed by atoms with van der Waals surface area (Å²) in [6, 6.07) is 1.42. The molecule has 0 saturated heterocycles. The number of hydrogen-bond acceptors (Lipinski definition) is 4. The van der Waals surface area contributed by atoms with Crippen LogP contribution in [0.15, 0.2) is 20.3 Å². The minimum Gasteiger partial charge on any atom is -0.475 e. The molecule has 6 heteroatoms. The Bertz CT molecular complexity index is 517. The lowest BCUT2D eigenvalue weighted by atomic mass is 10.3. The van der Waals surface area contributed by atoms with Crippen LogP contribution in [-0.2, 0) is 0 Å². The van der Waals surface area contributed by atoms with E-state index in [4.69, 9.17) is 9.52 Å². The zero-order valence-electron chi connectivity index (χ0n) is 7.65. The molecule has 0 aliphatic rings. The first kappa shape index (κ1) is 10.4. The third-order valence-corrected chi connectivity index (χ3v) is 3.11. The average molecular weight is 288 g/mol. The normalized spacial score (nSPS) is 10.5. The maximum atomic E-state index is 10.7. The molecule has 2 aromatic heterocycles. The number of hydrogen-bond donors (Lipinski definition) is 1. The average Bonchev–Trinajstić information content (AvgIpc) is 2.71. The summed E-state index contributed by atoms with van der Waals surface area (Å²) in [6.07, 6.45) is 0. The lowest BCUT2D eigenvalue weighted by Gasteiger charge is -1.90. The zero-order chi connectivity index (χ0) is 11.0. The number of aromatic carboxylic acids is 1. The fraction of sp³-hybridized carbons (Fsp3) is 0.111. The zero-order valence-corrected chi connectivity index (χ0v) is 10.1. The third kappa shape index (κ3) is 1.95. The standard InChI is InChI=1S/C9H6BrNO3S/c1-4-11-6(3-15-4)8-5(10)2-7(14-8)9(12)13/h2-3H,1H3,(H,12,13). The summed E-state index contributed by atoms with van der Waals surface area (Å²) < 4.78 is 5.78. The van der Waals surface area contributed by atoms with Crippen molar-refractivity contribution >= 4 is 33.2 Å². The lowest BCUT2D eigenvalue weighted by Crippen LogP contribution is -1.91. The molecular formula is C9H6BrNO3S. The second-order valence-electron chi connectivity index (χ2n) is 2.84. The molecule has 0 unspecified atom stereocenters. The molecule has 78 valence electrons. The number of aromatic nitrogens is 1. The van der Waals surface area contributed by atoms with Crippen molar-refractivity contribution in [2.24, 2.45) is 0 Å². The van der Waals surface area contributed by atoms with Crippen LogP contribution < -0.4 is 0 Å². The molecule has 2 aromatic rings. The fourth-order valence-corrected chi connectivity index (χ4v) is 2.20. The van der Waals surface area contributed by atoms with Gasteiger partial charge in [0.25, 0.3) is 0 Å². The number of carbonyl (C=O) groups is 1. The highest BCUT2D eigenvalue weighted by atomic mass is 79.9. The van der Waals surface area contributed by atoms with Crippen molar-refractivity contribution in [2.75, 3.05) is 0 Å². The number of nitrogens with zero attached hydrogens (tertiary/aromatic N) is 1. The smallest absolute Gasteiger partial charge is 0.371 e. The van der Waals surface area contributed by atoms with Crippen molar-refractivity contribution in [3.63, 3.8) is 0 Å². The quantitative estimate of drug-likeness (QED) is 0.921. The molecule has 0 fully saturated rings. The van der Waals surface area contributed by atoms with E-state index in [1.807, 2.05) is 12.3 Å². The minimum atomic E-state index is -1.09. The Morgan fingerprint density at radius 3 is 2.87 bits per heavy atom. The van der Waals surface area contributed by atoms with Gasteiger partial charge in [-0.15, -0.1) is 11.3 Å². The predicted octanol–water partition coefficient (Wildman–Crippen LogP) is 3.17. The van der Waals surface area contributed by atoms with Gasteiger partial charge in [0.2, 0.25) is 5.76 Å². The van der Waals surface area contributed by atoms with Gasteiger partial charge >= 0.3 is 5.97 Å². The molecular weight excluding hydrogens is 282 g/mol. The number of rotatable bonds is 2. The van der Waals surface area contributed by atoms with Crippen LogP contribution in [0.3, 0.4) is 0 Å². The Balaban J connectivity index is 2.49. The molecule has 0 aromatic carbocycles. The van der Waals surface area contributed by atoms with Gasteiger partial charge in [0.1, 0.15) is 5.69 Å². The van der Waals surface area contributed by atoms with Gasteiger partial charge in [0.05, 0.1) is 9.48 Å². The first-order valence-corrected chi connectivity index (χ1v) is 5.70. The number of carboxylic acid groups (broad SMARTS) is 1. The first-order valence-electron chi connectivity index (χ1n) is 4.03. The summed E-state index contributed by atoms with van der Waals surface area (Å²) in [4.78, 5) is 14.9. The summed E-state index contributed by atoms with van der Waals surface area (Å²) in [5.74, 6) is -0.729. The molecule has 0 aliphatic heterocycles. The largest absolute Gasteiger partial charge is 0.475 e. The Hall–Kier alpha value is -1.14. The van der Waals surface area contributed by atoms with Gasteiger partial charge in [-0.25, -0.2) is 9.78 Å². The van der Waals surface area contributed by atoms with Gasteiger partial charge in [-0.2, -0.15) is 0 Å². The van der Waals surface area contributed by atoms with E-state index in [2.05, 4.69) is 20.9 Å². The molecule has 15 heavy (non-hydrogen) atoms. The number of aryl methyl sites for hydroxylation is 1. The molecule has 0 bridgehead atoms. The molecule has 1 N–H and O–H groups in total. The van der Waals surface area contributed by atoms with E-state index in [0.29, 0.717) is 15.9 Å². The number of carboxylic acids is 1. The van der Waals surface area contributed by atoms with E-state index in [0.717, 1.165) is 5.01 Å². The Morgan fingerprint density at radius 2 is 2.40 bits per heavy atom. The van der Waals surface area contributed by atoms with Crippen molar-refractivity contribution in [1.82, 2.24) is 4.98 Å². The third-order valence-electron chi connectivity index (χ3n) is 1.75. The molecule has 0 atom stereocenters. The van der Waals surface area contributed by atoms with Crippen LogP contribution in [0, 0.1) is 6.92 Å². The van der Waals surface area contributed by atoms with Crippen molar-refractivity contribution < 1.29 is 14.3 Å². The molecule has 2 heterocycles. The van der Waals surface area contributed by atoms with Crippen molar-refractivity contribution in [1.29, 1.82) is 0 Å². The van der Waals surface area contributed by atoms with Crippen molar-refractivity contribution in [3.05, 3.63) is 26.7 Å². The van der Waals surface area contributed by atoms with Crippen molar-refractivity contribution in [3.8, 4) is 11.5 Å². The van der Waals surface area contributed by atoms with Gasteiger partial charge in [-0.05, 0) is 22.9 Å². The van der Waals surface area contributed by atoms with E-state index in [1.54, 1.807) is 0 Å². The topological polar surface area (TPSA) is 63.3 Å². The molecule has 0 saturated carbocycles. The van der Waals surface area contributed by atoms with E-state index >= 15 is 0 Å². The number of furan rings is 1. The highest BCUT2D eigenvalue weighted by Crippen LogP contribution is 2.32. The maximum Gasteiger partial charge on any atom is 0.371 e. The summed E-state index contributed by atoms with van der Waals surface area (Å²) in [6.45, 7) is 1.88. The summed E-state index contributed by atoms with van der Waals surface area (Å²) >= 11 is 4.73. The second kappa shape index (κ2) is 3.79. The molecule has 0 radical (unpaired) electrons. The van der Waals surface area contributed by atoms with Crippen LogP contribution >= 0.6 is 27.3 Å². The second-order valence-corrected chi connectivity index (χ2v) is 4.76. The number of halogens is 1. The van der Waals surface area contributed by atoms with Gasteiger partial charge < -0.3 is 9.52 Å². The molecule has 0 spiro atoms. The summed E-state index contributed by atoms with van der Waals surface area (Å²) in [7, 11) is 0. The van der Waals surface area contributed by atoms with Crippen LogP contribution in [0.2, 0.25) is 0 Å². The van der Waals surface area contributed by atoms with Crippen LogP contribution in [0.1, 0.15) is 15.6 Å². The van der Waals surface area contributed by atoms with Gasteiger partial charge in [-0.1, -0.05) is 0 Å². The first-order chi connectivity index (χ1) is 7.08. The van der Waals surface area contributed by atoms with Gasteiger partial charge in [-0.3, -0.25) is 0 Å². The molecule has 0 amide bonds. The lowest BCUT2D eigenvalue weighted by molar-refractivity contribution is 0.0663. The molecule has 0 aliphatic carbocycles. The summed E-state index contributed by atoms with van der Waals surface area (Å²) in [5.41, 5.74) is 0.650. The van der Waals surface area contributed by atoms with Crippen molar-refractivity contribution in [2.45, 2.75) is 6.92 Å². The Morgan fingerprint density at radius 1 is 1.67 bits per heavy atom. The summed E-state index contributed by atoms with van der Waals surface area (Å²) in [5, 5.41) is 11.5. The highest BCUT2D eigenvalue weighted by Gasteiger charge is 2.17. The minimum absolute atomic E-state index is 0.0949. The highest BCUT2D eigenvalue weighted by molar-refractivity contribution is 9.10. The van der Waals surface area contributed by atoms with Crippen LogP contribution in [0.25, 0.3) is 11.5 Å². The SMILES string of the molecule is Cc1nc(-c2oc(C(=O)O)cc2Br)cs1. The van der Waals surface area contributed by atoms with Crippen LogP contribution in [-0.4, -0.2) is 16.1 Å². The van der Waals surface area contributed by atoms with Crippen LogP contribution in [0.4, 0.5) is 0 Å².